The minimum Gasteiger partial charge on any atom is -0.253 e. The molecule has 1 aliphatic rings. The highest BCUT2D eigenvalue weighted by Crippen LogP contribution is 2.24. The third kappa shape index (κ3) is 2.81. The summed E-state index contributed by atoms with van der Waals surface area (Å²) in [6, 6.07) is 10.4. The van der Waals surface area contributed by atoms with Crippen LogP contribution in [0.1, 0.15) is 37.7 Å². The molecule has 1 aromatic carbocycles. The molecule has 0 N–H and O–H groups in total. The first-order chi connectivity index (χ1) is 7.90. The topological polar surface area (TPSA) is 32.7 Å². The Morgan fingerprint density at radius 1 is 1.12 bits per heavy atom. The highest BCUT2D eigenvalue weighted by atomic mass is 16.3. The maximum atomic E-state index is 10.9. The average Bonchev–Trinajstić information content (AvgIpc) is 2.38. The van der Waals surface area contributed by atoms with Crippen molar-refractivity contribution in [2.45, 2.75) is 44.7 Å². The summed E-state index contributed by atoms with van der Waals surface area (Å²) in [5.41, 5.74) is 1.16. The molecule has 0 atom stereocenters. The van der Waals surface area contributed by atoms with E-state index in [1.165, 1.54) is 19.3 Å². The molecule has 1 aromatic rings. The van der Waals surface area contributed by atoms with Gasteiger partial charge in [0.05, 0.1) is 17.9 Å². The fourth-order valence-electron chi connectivity index (χ4n) is 2.37. The largest absolute Gasteiger partial charge is 0.253 e. The van der Waals surface area contributed by atoms with Gasteiger partial charge in [0.1, 0.15) is 0 Å². The Bertz CT molecular complexity index is 320. The Morgan fingerprint density at radius 2 is 1.81 bits per heavy atom. The molecule has 1 aliphatic carbocycles. The van der Waals surface area contributed by atoms with Crippen LogP contribution in [0.5, 0.6) is 0 Å². The number of benzene rings is 1. The zero-order valence-corrected chi connectivity index (χ0v) is 9.51. The molecule has 0 aliphatic heterocycles. The van der Waals surface area contributed by atoms with E-state index in [2.05, 4.69) is 5.29 Å². The second kappa shape index (κ2) is 5.64. The molecule has 0 spiro atoms. The van der Waals surface area contributed by atoms with Crippen LogP contribution >= 0.6 is 0 Å². The molecule has 16 heavy (non-hydrogen) atoms. The maximum Gasteiger partial charge on any atom is 0.0645 e. The van der Waals surface area contributed by atoms with E-state index in [-0.39, 0.29) is 0 Å². The summed E-state index contributed by atoms with van der Waals surface area (Å²) < 4.78 is 0. The zero-order valence-electron chi connectivity index (χ0n) is 9.51. The van der Waals surface area contributed by atoms with Crippen LogP contribution in [0.4, 0.5) is 0 Å². The van der Waals surface area contributed by atoms with Crippen molar-refractivity contribution >= 4 is 0 Å². The minimum absolute atomic E-state index is 0.353. The summed E-state index contributed by atoms with van der Waals surface area (Å²) in [5, 5.41) is 4.91. The van der Waals surface area contributed by atoms with Crippen LogP contribution in [0.3, 0.4) is 0 Å². The molecule has 0 unspecified atom stereocenters. The molecule has 3 nitrogen and oxygen atoms in total. The molecular weight excluding hydrogens is 200 g/mol. The van der Waals surface area contributed by atoms with E-state index in [1.54, 1.807) is 5.01 Å². The van der Waals surface area contributed by atoms with E-state index in [4.69, 9.17) is 0 Å². The van der Waals surface area contributed by atoms with E-state index in [0.717, 1.165) is 18.4 Å². The minimum atomic E-state index is 0.353. The van der Waals surface area contributed by atoms with Crippen molar-refractivity contribution < 1.29 is 0 Å². The van der Waals surface area contributed by atoms with Gasteiger partial charge in [-0.15, -0.1) is 4.91 Å². The van der Waals surface area contributed by atoms with Gasteiger partial charge in [-0.1, -0.05) is 49.6 Å². The van der Waals surface area contributed by atoms with Gasteiger partial charge in [-0.25, -0.2) is 0 Å². The van der Waals surface area contributed by atoms with Crippen molar-refractivity contribution in [3.8, 4) is 0 Å². The lowest BCUT2D eigenvalue weighted by Gasteiger charge is -2.29. The van der Waals surface area contributed by atoms with E-state index < -0.39 is 0 Å². The molecule has 0 heterocycles. The quantitative estimate of drug-likeness (QED) is 0.572. The summed E-state index contributed by atoms with van der Waals surface area (Å²) in [7, 11) is 0. The molecule has 86 valence electrons. The van der Waals surface area contributed by atoms with E-state index >= 15 is 0 Å². The molecule has 0 radical (unpaired) electrons. The van der Waals surface area contributed by atoms with E-state index in [9.17, 15) is 4.91 Å². The van der Waals surface area contributed by atoms with E-state index in [0.29, 0.717) is 12.6 Å². The van der Waals surface area contributed by atoms with E-state index in [1.807, 2.05) is 30.3 Å². The van der Waals surface area contributed by atoms with Crippen molar-refractivity contribution in [1.82, 2.24) is 5.01 Å². The second-order valence-electron chi connectivity index (χ2n) is 4.46. The van der Waals surface area contributed by atoms with Crippen molar-refractivity contribution in [2.24, 2.45) is 5.29 Å². The Balaban J connectivity index is 1.97. The summed E-state index contributed by atoms with van der Waals surface area (Å²) in [6.07, 6.45) is 5.97. The van der Waals surface area contributed by atoms with Crippen LogP contribution in [0.15, 0.2) is 35.6 Å². The zero-order chi connectivity index (χ0) is 11.2. The average molecular weight is 218 g/mol. The first kappa shape index (κ1) is 11.1. The fraction of sp³-hybridized carbons (Fsp3) is 0.538. The van der Waals surface area contributed by atoms with Gasteiger partial charge < -0.3 is 0 Å². The van der Waals surface area contributed by atoms with Crippen LogP contribution < -0.4 is 0 Å². The van der Waals surface area contributed by atoms with Gasteiger partial charge in [-0.2, -0.15) is 0 Å². The first-order valence-electron chi connectivity index (χ1n) is 6.04. The smallest absolute Gasteiger partial charge is 0.0645 e. The van der Waals surface area contributed by atoms with Gasteiger partial charge in [0.2, 0.25) is 0 Å². The van der Waals surface area contributed by atoms with Gasteiger partial charge in [0.25, 0.3) is 0 Å². The molecule has 0 saturated heterocycles. The summed E-state index contributed by atoms with van der Waals surface area (Å²) in [4.78, 5) is 10.9. The number of nitrogens with zero attached hydrogens (tertiary/aromatic N) is 2. The third-order valence-corrected chi connectivity index (χ3v) is 3.29. The van der Waals surface area contributed by atoms with Crippen molar-refractivity contribution in [1.29, 1.82) is 0 Å². The Morgan fingerprint density at radius 3 is 2.44 bits per heavy atom. The van der Waals surface area contributed by atoms with Crippen molar-refractivity contribution in [3.05, 3.63) is 40.8 Å². The maximum absolute atomic E-state index is 10.9. The van der Waals surface area contributed by atoms with Crippen LogP contribution in [0.2, 0.25) is 0 Å². The molecular formula is C13H18N2O. The molecule has 3 heteroatoms. The highest BCUT2D eigenvalue weighted by molar-refractivity contribution is 5.14. The Kier molecular flexibility index (Phi) is 3.91. The lowest BCUT2D eigenvalue weighted by atomic mass is 9.95. The van der Waals surface area contributed by atoms with Crippen molar-refractivity contribution in [2.75, 3.05) is 0 Å². The monoisotopic (exact) mass is 218 g/mol. The number of hydrogen-bond acceptors (Lipinski definition) is 2. The third-order valence-electron chi connectivity index (χ3n) is 3.29. The highest BCUT2D eigenvalue weighted by Gasteiger charge is 2.20. The van der Waals surface area contributed by atoms with Gasteiger partial charge in [-0.05, 0) is 18.4 Å². The van der Waals surface area contributed by atoms with Crippen LogP contribution in [0.25, 0.3) is 0 Å². The van der Waals surface area contributed by atoms with Gasteiger partial charge in [0, 0.05) is 0 Å². The Labute approximate surface area is 96.4 Å². The predicted octanol–water partition coefficient (Wildman–Crippen LogP) is 3.50. The van der Waals surface area contributed by atoms with Crippen molar-refractivity contribution in [3.63, 3.8) is 0 Å². The lowest BCUT2D eigenvalue weighted by molar-refractivity contribution is 0.151. The Hall–Kier alpha value is -1.38. The summed E-state index contributed by atoms with van der Waals surface area (Å²) >= 11 is 0. The molecule has 1 saturated carbocycles. The molecule has 0 aromatic heterocycles. The van der Waals surface area contributed by atoms with Crippen LogP contribution in [0, 0.1) is 4.91 Å². The normalized spacial score (nSPS) is 17.0. The molecule has 1 fully saturated rings. The van der Waals surface area contributed by atoms with Gasteiger partial charge in [-0.3, -0.25) is 5.01 Å². The number of rotatable bonds is 4. The SMILES string of the molecule is O=NN(Cc1ccccc1)C1CCCCC1. The van der Waals surface area contributed by atoms with Gasteiger partial charge in [0.15, 0.2) is 0 Å². The van der Waals surface area contributed by atoms with Gasteiger partial charge >= 0.3 is 0 Å². The molecule has 2 rings (SSSR count). The predicted molar refractivity (Wildman–Crippen MR) is 64.7 cm³/mol. The summed E-state index contributed by atoms with van der Waals surface area (Å²) in [6.45, 7) is 0.648. The standard InChI is InChI=1S/C13H18N2O/c16-14-15(13-9-5-2-6-10-13)11-12-7-3-1-4-8-12/h1,3-4,7-8,13H,2,5-6,9-11H2. The number of hydrogen-bond donors (Lipinski definition) is 0. The second-order valence-corrected chi connectivity index (χ2v) is 4.46. The first-order valence-corrected chi connectivity index (χ1v) is 6.04. The lowest BCUT2D eigenvalue weighted by Crippen LogP contribution is -2.31. The number of nitroso groups, excluding NO2 is 1. The summed E-state index contributed by atoms with van der Waals surface area (Å²) in [5.74, 6) is 0. The van der Waals surface area contributed by atoms with Crippen LogP contribution in [-0.4, -0.2) is 11.1 Å². The fourth-order valence-corrected chi connectivity index (χ4v) is 2.37. The molecule has 0 amide bonds. The van der Waals surface area contributed by atoms with Crippen LogP contribution in [-0.2, 0) is 6.54 Å². The molecule has 0 bridgehead atoms.